The molecule has 2 aromatic carbocycles. The van der Waals surface area contributed by atoms with Crippen LogP contribution in [0.3, 0.4) is 0 Å². The van der Waals surface area contributed by atoms with Crippen LogP contribution >= 0.6 is 0 Å². The molecule has 0 aliphatic carbocycles. The lowest BCUT2D eigenvalue weighted by atomic mass is 10.0. The minimum Gasteiger partial charge on any atom is -0.497 e. The lowest BCUT2D eigenvalue weighted by Crippen LogP contribution is -2.03. The number of unbranched alkanes of at least 4 members (excludes halogenated alkanes) is 3. The molecule has 0 heterocycles. The van der Waals surface area contributed by atoms with E-state index in [0.29, 0.717) is 19.4 Å². The zero-order valence-electron chi connectivity index (χ0n) is 15.0. The largest absolute Gasteiger partial charge is 0.497 e. The number of ketones is 1. The van der Waals surface area contributed by atoms with E-state index in [0.717, 1.165) is 47.8 Å². The van der Waals surface area contributed by atoms with Crippen LogP contribution in [-0.2, 0) is 9.53 Å². The zero-order chi connectivity index (χ0) is 18.1. The molecule has 4 heteroatoms. The van der Waals surface area contributed by atoms with Crippen LogP contribution in [0.4, 0.5) is 0 Å². The van der Waals surface area contributed by atoms with Gasteiger partial charge in [-0.1, -0.05) is 31.0 Å². The lowest BCUT2D eigenvalue weighted by molar-refractivity contribution is -0.143. The van der Waals surface area contributed by atoms with Gasteiger partial charge in [0.15, 0.2) is 5.78 Å². The van der Waals surface area contributed by atoms with Gasteiger partial charge in [-0.2, -0.15) is 0 Å². The van der Waals surface area contributed by atoms with Gasteiger partial charge >= 0.3 is 5.97 Å². The maximum absolute atomic E-state index is 12.3. The smallest absolute Gasteiger partial charge is 0.305 e. The summed E-state index contributed by atoms with van der Waals surface area (Å²) in [4.78, 5) is 23.6. The molecule has 0 fully saturated rings. The molecule has 0 saturated heterocycles. The fourth-order valence-electron chi connectivity index (χ4n) is 2.81. The Morgan fingerprint density at radius 2 is 1.56 bits per heavy atom. The summed E-state index contributed by atoms with van der Waals surface area (Å²) in [6, 6.07) is 11.6. The first kappa shape index (κ1) is 19.0. The number of fused-ring (bicyclic) bond motifs is 1. The number of benzene rings is 2. The van der Waals surface area contributed by atoms with Crippen LogP contribution in [0.1, 0.15) is 55.8 Å². The van der Waals surface area contributed by atoms with Crippen molar-refractivity contribution in [2.45, 2.75) is 45.4 Å². The molecule has 0 saturated carbocycles. The topological polar surface area (TPSA) is 52.6 Å². The Hall–Kier alpha value is -2.36. The molecule has 134 valence electrons. The van der Waals surface area contributed by atoms with Crippen LogP contribution in [0.2, 0.25) is 0 Å². The molecule has 0 radical (unpaired) electrons. The van der Waals surface area contributed by atoms with Gasteiger partial charge in [-0.25, -0.2) is 0 Å². The summed E-state index contributed by atoms with van der Waals surface area (Å²) >= 11 is 0. The summed E-state index contributed by atoms with van der Waals surface area (Å²) in [6.45, 7) is 2.25. The number of carbonyl (C=O) groups excluding carboxylic acids is 2. The number of Topliss-reactive ketones (excluding diaryl/α,β-unsaturated/α-hetero) is 1. The number of methoxy groups -OCH3 is 1. The molecule has 2 aromatic rings. The minimum atomic E-state index is -0.133. The van der Waals surface area contributed by atoms with Crippen LogP contribution in [0.25, 0.3) is 10.8 Å². The molecule has 0 aliphatic heterocycles. The van der Waals surface area contributed by atoms with E-state index in [1.54, 1.807) is 7.11 Å². The van der Waals surface area contributed by atoms with Crippen molar-refractivity contribution in [3.63, 3.8) is 0 Å². The summed E-state index contributed by atoms with van der Waals surface area (Å²) in [6.07, 6.45) is 4.59. The summed E-state index contributed by atoms with van der Waals surface area (Å²) < 4.78 is 10.1. The lowest BCUT2D eigenvalue weighted by Gasteiger charge is -2.06. The first-order valence-electron chi connectivity index (χ1n) is 8.90. The van der Waals surface area contributed by atoms with Crippen molar-refractivity contribution in [2.75, 3.05) is 13.7 Å². The Kier molecular flexibility index (Phi) is 7.45. The van der Waals surface area contributed by atoms with Crippen molar-refractivity contribution in [1.29, 1.82) is 0 Å². The van der Waals surface area contributed by atoms with Crippen LogP contribution in [0.15, 0.2) is 36.4 Å². The van der Waals surface area contributed by atoms with E-state index in [1.165, 1.54) is 0 Å². The highest BCUT2D eigenvalue weighted by Crippen LogP contribution is 2.22. The van der Waals surface area contributed by atoms with Gasteiger partial charge in [-0.15, -0.1) is 0 Å². The molecule has 0 unspecified atom stereocenters. The second-order valence-electron chi connectivity index (χ2n) is 6.07. The van der Waals surface area contributed by atoms with Gasteiger partial charge in [-0.3, -0.25) is 9.59 Å². The Morgan fingerprint density at radius 1 is 0.880 bits per heavy atom. The Morgan fingerprint density at radius 3 is 2.28 bits per heavy atom. The molecule has 0 bridgehead atoms. The molecule has 0 spiro atoms. The molecular formula is C21H26O4. The van der Waals surface area contributed by atoms with Gasteiger partial charge in [-0.05, 0) is 48.7 Å². The van der Waals surface area contributed by atoms with Gasteiger partial charge < -0.3 is 9.47 Å². The number of rotatable bonds is 10. The van der Waals surface area contributed by atoms with Gasteiger partial charge in [0.1, 0.15) is 5.75 Å². The fourth-order valence-corrected chi connectivity index (χ4v) is 2.81. The van der Waals surface area contributed by atoms with Crippen molar-refractivity contribution < 1.29 is 19.1 Å². The van der Waals surface area contributed by atoms with Crippen LogP contribution in [0, 0.1) is 0 Å². The highest BCUT2D eigenvalue weighted by atomic mass is 16.5. The summed E-state index contributed by atoms with van der Waals surface area (Å²) in [5.41, 5.74) is 0.754. The van der Waals surface area contributed by atoms with Crippen LogP contribution in [-0.4, -0.2) is 25.5 Å². The van der Waals surface area contributed by atoms with Crippen molar-refractivity contribution in [3.05, 3.63) is 42.0 Å². The molecule has 4 nitrogen and oxygen atoms in total. The van der Waals surface area contributed by atoms with E-state index in [1.807, 2.05) is 43.3 Å². The zero-order valence-corrected chi connectivity index (χ0v) is 15.0. The van der Waals surface area contributed by atoms with Gasteiger partial charge in [0.2, 0.25) is 0 Å². The van der Waals surface area contributed by atoms with Gasteiger partial charge in [0, 0.05) is 18.4 Å². The molecule has 0 aromatic heterocycles. The predicted octanol–water partition coefficient (Wildman–Crippen LogP) is 4.93. The van der Waals surface area contributed by atoms with E-state index in [9.17, 15) is 9.59 Å². The first-order valence-corrected chi connectivity index (χ1v) is 8.90. The monoisotopic (exact) mass is 342 g/mol. The van der Waals surface area contributed by atoms with Crippen molar-refractivity contribution >= 4 is 22.5 Å². The summed E-state index contributed by atoms with van der Waals surface area (Å²) in [5.74, 6) is 0.851. The Balaban J connectivity index is 1.77. The van der Waals surface area contributed by atoms with E-state index in [4.69, 9.17) is 9.47 Å². The second kappa shape index (κ2) is 9.82. The maximum Gasteiger partial charge on any atom is 0.305 e. The van der Waals surface area contributed by atoms with Gasteiger partial charge in [0.05, 0.1) is 13.7 Å². The number of hydrogen-bond donors (Lipinski definition) is 0. The van der Waals surface area contributed by atoms with Crippen LogP contribution < -0.4 is 4.74 Å². The van der Waals surface area contributed by atoms with Crippen molar-refractivity contribution in [2.24, 2.45) is 0 Å². The predicted molar refractivity (Wildman–Crippen MR) is 99.2 cm³/mol. The highest BCUT2D eigenvalue weighted by molar-refractivity contribution is 6.00. The second-order valence-corrected chi connectivity index (χ2v) is 6.07. The van der Waals surface area contributed by atoms with E-state index >= 15 is 0 Å². The normalized spacial score (nSPS) is 10.6. The summed E-state index contributed by atoms with van der Waals surface area (Å²) in [7, 11) is 1.64. The number of ether oxygens (including phenoxy) is 2. The molecule has 0 amide bonds. The molecule has 0 atom stereocenters. The third-order valence-corrected chi connectivity index (χ3v) is 4.21. The van der Waals surface area contributed by atoms with E-state index in [-0.39, 0.29) is 11.8 Å². The molecule has 25 heavy (non-hydrogen) atoms. The van der Waals surface area contributed by atoms with Crippen LogP contribution in [0.5, 0.6) is 5.75 Å². The van der Waals surface area contributed by atoms with Crippen molar-refractivity contribution in [3.8, 4) is 5.75 Å². The SMILES string of the molecule is CCOC(=O)CCCCCCC(=O)c1ccc2cc(OC)ccc2c1. The third-order valence-electron chi connectivity index (χ3n) is 4.21. The number of hydrogen-bond acceptors (Lipinski definition) is 4. The highest BCUT2D eigenvalue weighted by Gasteiger charge is 2.07. The Bertz CT molecular complexity index is 721. The first-order chi connectivity index (χ1) is 12.1. The average Bonchev–Trinajstić information content (AvgIpc) is 2.63. The fraction of sp³-hybridized carbons (Fsp3) is 0.429. The van der Waals surface area contributed by atoms with E-state index in [2.05, 4.69) is 0 Å². The quantitative estimate of drug-likeness (QED) is 0.349. The standard InChI is InChI=1S/C21H26O4/c1-3-25-21(23)9-7-5-4-6-8-20(22)18-11-10-17-15-19(24-2)13-12-16(17)14-18/h10-15H,3-9H2,1-2H3. The molecule has 0 aliphatic rings. The number of carbonyl (C=O) groups is 2. The van der Waals surface area contributed by atoms with Crippen molar-refractivity contribution in [1.82, 2.24) is 0 Å². The molecule has 0 N–H and O–H groups in total. The van der Waals surface area contributed by atoms with E-state index < -0.39 is 0 Å². The summed E-state index contributed by atoms with van der Waals surface area (Å²) in [5, 5.41) is 2.11. The minimum absolute atomic E-state index is 0.133. The molecule has 2 rings (SSSR count). The average molecular weight is 342 g/mol. The molecular weight excluding hydrogens is 316 g/mol. The maximum atomic E-state index is 12.3. The van der Waals surface area contributed by atoms with Gasteiger partial charge in [0.25, 0.3) is 0 Å². The number of esters is 1. The Labute approximate surface area is 149 Å². The third kappa shape index (κ3) is 5.89.